The van der Waals surface area contributed by atoms with Gasteiger partial charge < -0.3 is 14.4 Å². The second kappa shape index (κ2) is 6.19. The van der Waals surface area contributed by atoms with Gasteiger partial charge in [-0.3, -0.25) is 19.0 Å². The molecule has 0 unspecified atom stereocenters. The maximum atomic E-state index is 12.6. The standard InChI is InChI=1S/C15H20N6O4/c1-10(22)19-4-6-20(7-5-19)11(23)8-21-14(24)12-13(16-9-17(12)2)18(3)15(21)25/h9H,4-8H2,1-3H3. The Hall–Kier alpha value is -2.91. The number of rotatable bonds is 2. The summed E-state index contributed by atoms with van der Waals surface area (Å²) in [4.78, 5) is 56.2. The van der Waals surface area contributed by atoms with Gasteiger partial charge in [-0.05, 0) is 0 Å². The Bertz CT molecular complexity index is 961. The first-order valence-electron chi connectivity index (χ1n) is 7.95. The number of amides is 2. The molecule has 0 aliphatic carbocycles. The fourth-order valence-corrected chi connectivity index (χ4v) is 3.04. The van der Waals surface area contributed by atoms with Gasteiger partial charge in [0.25, 0.3) is 5.56 Å². The van der Waals surface area contributed by atoms with E-state index in [9.17, 15) is 19.2 Å². The highest BCUT2D eigenvalue weighted by Crippen LogP contribution is 2.05. The Morgan fingerprint density at radius 1 is 1.08 bits per heavy atom. The van der Waals surface area contributed by atoms with Crippen LogP contribution in [0.4, 0.5) is 0 Å². The highest BCUT2D eigenvalue weighted by atomic mass is 16.2. The average Bonchev–Trinajstić information content (AvgIpc) is 2.98. The van der Waals surface area contributed by atoms with Gasteiger partial charge in [0.05, 0.1) is 6.33 Å². The highest BCUT2D eigenvalue weighted by Gasteiger charge is 2.24. The lowest BCUT2D eigenvalue weighted by Gasteiger charge is -2.34. The summed E-state index contributed by atoms with van der Waals surface area (Å²) in [5.74, 6) is -0.345. The number of aryl methyl sites for hydroxylation is 2. The molecule has 2 aromatic rings. The van der Waals surface area contributed by atoms with E-state index in [1.807, 2.05) is 0 Å². The van der Waals surface area contributed by atoms with Gasteiger partial charge in [0.1, 0.15) is 6.54 Å². The van der Waals surface area contributed by atoms with Crippen LogP contribution >= 0.6 is 0 Å². The van der Waals surface area contributed by atoms with Crippen LogP contribution in [0.2, 0.25) is 0 Å². The summed E-state index contributed by atoms with van der Waals surface area (Å²) in [5, 5.41) is 0. The molecule has 0 spiro atoms. The zero-order chi connectivity index (χ0) is 18.3. The van der Waals surface area contributed by atoms with Crippen LogP contribution in [0.5, 0.6) is 0 Å². The van der Waals surface area contributed by atoms with Crippen molar-refractivity contribution >= 4 is 23.0 Å². The van der Waals surface area contributed by atoms with Gasteiger partial charge in [0.15, 0.2) is 11.2 Å². The van der Waals surface area contributed by atoms with Gasteiger partial charge >= 0.3 is 5.69 Å². The maximum absolute atomic E-state index is 12.6. The molecule has 0 atom stereocenters. The first kappa shape index (κ1) is 16.9. The van der Waals surface area contributed by atoms with E-state index in [2.05, 4.69) is 4.98 Å². The Balaban J connectivity index is 1.87. The van der Waals surface area contributed by atoms with Crippen molar-refractivity contribution in [2.24, 2.45) is 14.1 Å². The van der Waals surface area contributed by atoms with Crippen LogP contribution in [-0.2, 0) is 30.2 Å². The molecule has 10 heteroatoms. The zero-order valence-electron chi connectivity index (χ0n) is 14.4. The van der Waals surface area contributed by atoms with Crippen molar-refractivity contribution in [2.75, 3.05) is 26.2 Å². The second-order valence-corrected chi connectivity index (χ2v) is 6.15. The van der Waals surface area contributed by atoms with E-state index in [0.717, 1.165) is 4.57 Å². The zero-order valence-corrected chi connectivity index (χ0v) is 14.4. The topological polar surface area (TPSA) is 102 Å². The van der Waals surface area contributed by atoms with Gasteiger partial charge in [0, 0.05) is 47.2 Å². The molecule has 0 aromatic carbocycles. The fraction of sp³-hybridized carbons (Fsp3) is 0.533. The average molecular weight is 348 g/mol. The molecule has 3 heterocycles. The van der Waals surface area contributed by atoms with Crippen molar-refractivity contribution in [1.82, 2.24) is 28.5 Å². The lowest BCUT2D eigenvalue weighted by molar-refractivity contribution is -0.138. The Kier molecular flexibility index (Phi) is 4.19. The number of carbonyl (C=O) groups excluding carboxylic acids is 2. The van der Waals surface area contributed by atoms with Crippen molar-refractivity contribution in [3.63, 3.8) is 0 Å². The molecule has 0 radical (unpaired) electrons. The van der Waals surface area contributed by atoms with Crippen LogP contribution in [0.1, 0.15) is 6.92 Å². The van der Waals surface area contributed by atoms with Gasteiger partial charge in [-0.2, -0.15) is 0 Å². The van der Waals surface area contributed by atoms with Crippen LogP contribution in [0.3, 0.4) is 0 Å². The second-order valence-electron chi connectivity index (χ2n) is 6.15. The minimum Gasteiger partial charge on any atom is -0.339 e. The fourth-order valence-electron chi connectivity index (χ4n) is 3.04. The number of aromatic nitrogens is 4. The van der Waals surface area contributed by atoms with E-state index in [0.29, 0.717) is 26.2 Å². The number of hydrogen-bond acceptors (Lipinski definition) is 5. The van der Waals surface area contributed by atoms with Gasteiger partial charge in [-0.25, -0.2) is 14.3 Å². The van der Waals surface area contributed by atoms with Crippen molar-refractivity contribution in [2.45, 2.75) is 13.5 Å². The number of imidazole rings is 1. The first-order chi connectivity index (χ1) is 11.8. The molecule has 1 aliphatic heterocycles. The summed E-state index contributed by atoms with van der Waals surface area (Å²) >= 11 is 0. The van der Waals surface area contributed by atoms with E-state index >= 15 is 0 Å². The summed E-state index contributed by atoms with van der Waals surface area (Å²) in [6, 6.07) is 0. The lowest BCUT2D eigenvalue weighted by atomic mass is 10.3. The largest absolute Gasteiger partial charge is 0.339 e. The van der Waals surface area contributed by atoms with Crippen molar-refractivity contribution < 1.29 is 9.59 Å². The quantitative estimate of drug-likeness (QED) is 0.632. The normalized spacial score (nSPS) is 15.0. The molecule has 1 saturated heterocycles. The first-order valence-corrected chi connectivity index (χ1v) is 7.95. The van der Waals surface area contributed by atoms with Crippen molar-refractivity contribution in [3.05, 3.63) is 27.2 Å². The molecule has 0 bridgehead atoms. The van der Waals surface area contributed by atoms with Gasteiger partial charge in [-0.15, -0.1) is 0 Å². The number of carbonyl (C=O) groups is 2. The molecule has 2 aromatic heterocycles. The smallest absolute Gasteiger partial charge is 0.332 e. The molecule has 10 nitrogen and oxygen atoms in total. The molecule has 0 saturated carbocycles. The Morgan fingerprint density at radius 3 is 2.28 bits per heavy atom. The molecular formula is C15H20N6O4. The maximum Gasteiger partial charge on any atom is 0.332 e. The van der Waals surface area contributed by atoms with Crippen LogP contribution in [0.15, 0.2) is 15.9 Å². The SMILES string of the molecule is CC(=O)N1CCN(C(=O)Cn2c(=O)c3c(ncn3C)n(C)c2=O)CC1. The third-order valence-electron chi connectivity index (χ3n) is 4.57. The minimum atomic E-state index is -0.577. The monoisotopic (exact) mass is 348 g/mol. The molecule has 1 fully saturated rings. The highest BCUT2D eigenvalue weighted by molar-refractivity contribution is 5.78. The number of nitrogens with zero attached hydrogens (tertiary/aromatic N) is 6. The molecule has 3 rings (SSSR count). The summed E-state index contributed by atoms with van der Waals surface area (Å²) in [5.41, 5.74) is -0.548. The van der Waals surface area contributed by atoms with Crippen LogP contribution in [0, 0.1) is 0 Å². The predicted molar refractivity (Wildman–Crippen MR) is 89.0 cm³/mol. The lowest BCUT2D eigenvalue weighted by Crippen LogP contribution is -2.52. The number of piperazine rings is 1. The molecule has 0 N–H and O–H groups in total. The van der Waals surface area contributed by atoms with E-state index in [-0.39, 0.29) is 29.5 Å². The van der Waals surface area contributed by atoms with Crippen molar-refractivity contribution in [3.8, 4) is 0 Å². The molecule has 2 amide bonds. The van der Waals surface area contributed by atoms with E-state index in [1.165, 1.54) is 29.4 Å². The summed E-state index contributed by atoms with van der Waals surface area (Å²) in [7, 11) is 3.18. The number of fused-ring (bicyclic) bond motifs is 1. The number of hydrogen-bond donors (Lipinski definition) is 0. The summed E-state index contributed by atoms with van der Waals surface area (Å²) < 4.78 is 3.73. The minimum absolute atomic E-state index is 0.0288. The summed E-state index contributed by atoms with van der Waals surface area (Å²) in [6.07, 6.45) is 1.46. The molecule has 1 aliphatic rings. The Morgan fingerprint density at radius 2 is 1.68 bits per heavy atom. The van der Waals surface area contributed by atoms with Crippen molar-refractivity contribution in [1.29, 1.82) is 0 Å². The Labute approximate surface area is 142 Å². The van der Waals surface area contributed by atoms with Crippen LogP contribution in [-0.4, -0.2) is 66.5 Å². The van der Waals surface area contributed by atoms with Crippen LogP contribution in [0.25, 0.3) is 11.2 Å². The molecule has 134 valence electrons. The van der Waals surface area contributed by atoms with Gasteiger partial charge in [-0.1, -0.05) is 0 Å². The van der Waals surface area contributed by atoms with E-state index < -0.39 is 11.2 Å². The van der Waals surface area contributed by atoms with Crippen LogP contribution < -0.4 is 11.2 Å². The third-order valence-corrected chi connectivity index (χ3v) is 4.57. The predicted octanol–water partition coefficient (Wildman–Crippen LogP) is -1.88. The third kappa shape index (κ3) is 2.83. The van der Waals surface area contributed by atoms with E-state index in [4.69, 9.17) is 0 Å². The van der Waals surface area contributed by atoms with E-state index in [1.54, 1.807) is 16.8 Å². The van der Waals surface area contributed by atoms with Gasteiger partial charge in [0.2, 0.25) is 11.8 Å². The molecule has 25 heavy (non-hydrogen) atoms. The molecular weight excluding hydrogens is 328 g/mol. The summed E-state index contributed by atoms with van der Waals surface area (Å²) in [6.45, 7) is 2.85.